The average Bonchev–Trinajstić information content (AvgIpc) is 3.18. The molecule has 3 rings (SSSR count). The van der Waals surface area contributed by atoms with Gasteiger partial charge in [0.1, 0.15) is 11.7 Å². The lowest BCUT2D eigenvalue weighted by Gasteiger charge is -2.51. The summed E-state index contributed by atoms with van der Waals surface area (Å²) in [5.41, 5.74) is 3.13. The van der Waals surface area contributed by atoms with Crippen molar-refractivity contribution in [2.45, 2.75) is 32.0 Å². The second-order valence-corrected chi connectivity index (χ2v) is 8.17. The number of β-lactam (4-membered cyclic amide) rings is 1. The molecule has 0 spiro atoms. The Kier molecular flexibility index (Phi) is 6.68. The molecular formula is C17H19N7O9S. The van der Waals surface area contributed by atoms with Gasteiger partial charge in [-0.2, -0.15) is 14.1 Å². The van der Waals surface area contributed by atoms with Crippen molar-refractivity contribution in [2.75, 3.05) is 12.3 Å². The minimum atomic E-state index is -1.28. The predicted molar refractivity (Wildman–Crippen MR) is 112 cm³/mol. The Bertz CT molecular complexity index is 1220. The molecular weight excluding hydrogens is 478 g/mol. The first-order valence-electron chi connectivity index (χ1n) is 9.34. The molecule has 0 bridgehead atoms. The Morgan fingerprint density at radius 2 is 2.09 bits per heavy atom. The molecule has 2 aromatic heterocycles. The van der Waals surface area contributed by atoms with Crippen molar-refractivity contribution in [1.82, 2.24) is 24.5 Å². The highest BCUT2D eigenvalue weighted by molar-refractivity contribution is 7.09. The van der Waals surface area contributed by atoms with Crippen LogP contribution in [-0.2, 0) is 30.7 Å². The fraction of sp³-hybridized carbons (Fsp3) is 0.353. The van der Waals surface area contributed by atoms with Gasteiger partial charge < -0.3 is 31.3 Å². The molecule has 3 heterocycles. The number of nitrogens with one attached hydrogen (secondary N) is 1. The second kappa shape index (κ2) is 9.32. The van der Waals surface area contributed by atoms with Crippen LogP contribution in [0.15, 0.2) is 22.2 Å². The van der Waals surface area contributed by atoms with Crippen LogP contribution in [0.5, 0.6) is 5.75 Å². The highest BCUT2D eigenvalue weighted by Crippen LogP contribution is 2.32. The maximum absolute atomic E-state index is 12.9. The molecule has 0 aliphatic carbocycles. The van der Waals surface area contributed by atoms with E-state index in [2.05, 4.69) is 19.8 Å². The summed E-state index contributed by atoms with van der Waals surface area (Å²) in [6.45, 7) is 1.84. The first-order valence-corrected chi connectivity index (χ1v) is 10.1. The number of aromatic nitrogens is 3. The SMILES string of the molecule is CC1(C)[C@H](NC(=O)/C(=N\OCc2cc(=O)c(O)cn2O)c2nsc(N)n2)C(=O)N1OCC(=O)O. The van der Waals surface area contributed by atoms with Gasteiger partial charge in [-0.15, -0.1) is 0 Å². The van der Waals surface area contributed by atoms with Gasteiger partial charge in [0.05, 0.1) is 11.7 Å². The lowest BCUT2D eigenvalue weighted by Crippen LogP contribution is -2.76. The molecule has 1 aliphatic heterocycles. The summed E-state index contributed by atoms with van der Waals surface area (Å²) in [7, 11) is 0. The third-order valence-electron chi connectivity index (χ3n) is 4.60. The number of nitrogen functional groups attached to an aromatic ring is 1. The lowest BCUT2D eigenvalue weighted by molar-refractivity contribution is -0.257. The molecule has 2 amide bonds. The second-order valence-electron chi connectivity index (χ2n) is 7.39. The van der Waals surface area contributed by atoms with Gasteiger partial charge in [-0.1, -0.05) is 5.16 Å². The number of oxime groups is 1. The Labute approximate surface area is 193 Å². The number of carbonyl (C=O) groups is 3. The smallest absolute Gasteiger partial charge is 0.332 e. The van der Waals surface area contributed by atoms with Gasteiger partial charge in [0, 0.05) is 17.6 Å². The minimum absolute atomic E-state index is 0.0199. The van der Waals surface area contributed by atoms with Crippen LogP contribution in [0.25, 0.3) is 0 Å². The van der Waals surface area contributed by atoms with Crippen molar-refractivity contribution in [1.29, 1.82) is 0 Å². The van der Waals surface area contributed by atoms with Gasteiger partial charge in [-0.25, -0.2) is 9.86 Å². The van der Waals surface area contributed by atoms with Crippen molar-refractivity contribution >= 4 is 40.2 Å². The molecule has 1 atom stereocenters. The highest BCUT2D eigenvalue weighted by Gasteiger charge is 2.56. The topological polar surface area (TPSA) is 232 Å². The molecule has 34 heavy (non-hydrogen) atoms. The average molecular weight is 497 g/mol. The molecule has 1 aliphatic rings. The van der Waals surface area contributed by atoms with E-state index >= 15 is 0 Å². The number of pyridine rings is 1. The number of nitrogens with two attached hydrogens (primary N) is 1. The predicted octanol–water partition coefficient (Wildman–Crippen LogP) is -1.73. The standard InChI is InChI=1S/C17H19N7O9S/c1-17(2)12(15(30)24(17)33-6-10(27)28)19-14(29)11(13-20-16(18)34-22-13)21-32-5-7-3-8(25)9(26)4-23(7)31/h3-4,12,26,31H,5-6H2,1-2H3,(H,19,29)(H,27,28)(H2,18,20,22)/b21-11-/t12-/m1/s1. The molecule has 182 valence electrons. The van der Waals surface area contributed by atoms with Gasteiger partial charge in [-0.3, -0.25) is 19.2 Å². The van der Waals surface area contributed by atoms with E-state index in [9.17, 15) is 29.5 Å². The molecule has 0 saturated carbocycles. The van der Waals surface area contributed by atoms with Crippen molar-refractivity contribution < 1.29 is 39.5 Å². The number of hydrogen-bond donors (Lipinski definition) is 5. The van der Waals surface area contributed by atoms with E-state index < -0.39 is 59.5 Å². The number of aromatic hydroxyl groups is 1. The lowest BCUT2D eigenvalue weighted by atomic mass is 9.84. The third kappa shape index (κ3) is 4.89. The number of amides is 2. The van der Waals surface area contributed by atoms with E-state index in [0.29, 0.717) is 4.73 Å². The van der Waals surface area contributed by atoms with Crippen LogP contribution in [0.2, 0.25) is 0 Å². The first-order chi connectivity index (χ1) is 15.9. The number of carboxylic acids is 1. The van der Waals surface area contributed by atoms with Crippen LogP contribution in [-0.4, -0.2) is 76.3 Å². The number of hydrogen-bond acceptors (Lipinski definition) is 13. The zero-order valence-corrected chi connectivity index (χ0v) is 18.5. The molecule has 0 unspecified atom stereocenters. The molecule has 0 radical (unpaired) electrons. The Morgan fingerprint density at radius 1 is 1.38 bits per heavy atom. The van der Waals surface area contributed by atoms with E-state index in [1.165, 1.54) is 0 Å². The van der Waals surface area contributed by atoms with E-state index in [1.54, 1.807) is 13.8 Å². The van der Waals surface area contributed by atoms with E-state index in [0.717, 1.165) is 28.9 Å². The number of anilines is 1. The fourth-order valence-electron chi connectivity index (χ4n) is 2.88. The Hall–Kier alpha value is -4.25. The summed E-state index contributed by atoms with van der Waals surface area (Å²) in [6, 6.07) is -0.208. The number of carboxylic acid groups (broad SMARTS) is 1. The maximum atomic E-state index is 12.9. The normalized spacial score (nSPS) is 17.2. The molecule has 2 aromatic rings. The zero-order chi connectivity index (χ0) is 25.2. The minimum Gasteiger partial charge on any atom is -0.503 e. The van der Waals surface area contributed by atoms with Crippen LogP contribution < -0.4 is 16.5 Å². The van der Waals surface area contributed by atoms with Gasteiger partial charge >= 0.3 is 5.97 Å². The van der Waals surface area contributed by atoms with Crippen LogP contribution in [0.3, 0.4) is 0 Å². The summed E-state index contributed by atoms with van der Waals surface area (Å²) in [5, 5.41) is 34.7. The van der Waals surface area contributed by atoms with Crippen molar-refractivity contribution in [3.8, 4) is 5.75 Å². The third-order valence-corrected chi connectivity index (χ3v) is 5.14. The zero-order valence-electron chi connectivity index (χ0n) is 17.7. The molecule has 1 saturated heterocycles. The van der Waals surface area contributed by atoms with Crippen LogP contribution in [0.4, 0.5) is 5.13 Å². The fourth-order valence-corrected chi connectivity index (χ4v) is 3.32. The van der Waals surface area contributed by atoms with Crippen molar-refractivity contribution in [3.63, 3.8) is 0 Å². The molecule has 0 aromatic carbocycles. The monoisotopic (exact) mass is 497 g/mol. The number of hydroxylamine groups is 2. The van der Waals surface area contributed by atoms with E-state index in [4.69, 9.17) is 20.5 Å². The summed E-state index contributed by atoms with van der Waals surface area (Å²) in [6.07, 6.45) is 0.753. The number of carbonyl (C=O) groups excluding carboxylic acids is 2. The number of nitrogens with zero attached hydrogens (tertiary/aromatic N) is 5. The Morgan fingerprint density at radius 3 is 2.68 bits per heavy atom. The van der Waals surface area contributed by atoms with Gasteiger partial charge in [-0.05, 0) is 13.8 Å². The first kappa shape index (κ1) is 24.4. The molecule has 17 heteroatoms. The van der Waals surface area contributed by atoms with E-state index in [1.807, 2.05) is 0 Å². The van der Waals surface area contributed by atoms with Gasteiger partial charge in [0.15, 0.2) is 24.1 Å². The quantitative estimate of drug-likeness (QED) is 0.112. The number of rotatable bonds is 9. The van der Waals surface area contributed by atoms with Crippen molar-refractivity contribution in [3.05, 3.63) is 34.0 Å². The molecule has 6 N–H and O–H groups in total. The van der Waals surface area contributed by atoms with Crippen LogP contribution in [0.1, 0.15) is 25.4 Å². The largest absolute Gasteiger partial charge is 0.503 e. The Balaban J connectivity index is 1.77. The number of aliphatic carboxylic acids is 1. The van der Waals surface area contributed by atoms with Crippen molar-refractivity contribution in [2.24, 2.45) is 5.16 Å². The summed E-state index contributed by atoms with van der Waals surface area (Å²) in [4.78, 5) is 61.4. The summed E-state index contributed by atoms with van der Waals surface area (Å²) >= 11 is 0.771. The maximum Gasteiger partial charge on any atom is 0.332 e. The van der Waals surface area contributed by atoms with Gasteiger partial charge in [0.2, 0.25) is 17.0 Å². The van der Waals surface area contributed by atoms with Crippen LogP contribution >= 0.6 is 11.5 Å². The van der Waals surface area contributed by atoms with Gasteiger partial charge in [0.25, 0.3) is 11.8 Å². The summed E-state index contributed by atoms with van der Waals surface area (Å²) in [5.74, 6) is -3.80. The highest BCUT2D eigenvalue weighted by atomic mass is 32.1. The summed E-state index contributed by atoms with van der Waals surface area (Å²) < 4.78 is 4.32. The van der Waals surface area contributed by atoms with Crippen LogP contribution in [0, 0.1) is 0 Å². The molecule has 16 nitrogen and oxygen atoms in total. The van der Waals surface area contributed by atoms with E-state index in [-0.39, 0.29) is 16.6 Å². The molecule has 1 fully saturated rings.